The highest BCUT2D eigenvalue weighted by molar-refractivity contribution is 5.12. The quantitative estimate of drug-likeness (QED) is 0.754. The van der Waals surface area contributed by atoms with E-state index in [1.54, 1.807) is 0 Å². The first-order valence-electron chi connectivity index (χ1n) is 6.15. The number of nitrogens with one attached hydrogen (secondary N) is 1. The first-order chi connectivity index (χ1) is 7.93. The van der Waals surface area contributed by atoms with Gasteiger partial charge in [-0.05, 0) is 19.8 Å². The van der Waals surface area contributed by atoms with Crippen LogP contribution in [0, 0.1) is 0 Å². The fraction of sp³-hybridized carbons (Fsp3) is 0.833. The molecule has 5 heteroatoms. The van der Waals surface area contributed by atoms with E-state index in [2.05, 4.69) is 19.2 Å². The van der Waals surface area contributed by atoms with E-state index in [-0.39, 0.29) is 12.0 Å². The van der Waals surface area contributed by atoms with Crippen molar-refractivity contribution in [3.05, 3.63) is 11.6 Å². The molecule has 1 unspecified atom stereocenters. The Morgan fingerprint density at radius 1 is 1.47 bits per heavy atom. The molecule has 0 aromatic rings. The summed E-state index contributed by atoms with van der Waals surface area (Å²) < 4.78 is 37.1. The van der Waals surface area contributed by atoms with Crippen molar-refractivity contribution in [3.8, 4) is 0 Å². The topological polar surface area (TPSA) is 15.3 Å². The summed E-state index contributed by atoms with van der Waals surface area (Å²) in [5.74, 6) is 0. The largest absolute Gasteiger partial charge is 0.412 e. The van der Waals surface area contributed by atoms with Crippen LogP contribution in [0.3, 0.4) is 0 Å². The molecule has 17 heavy (non-hydrogen) atoms. The van der Waals surface area contributed by atoms with E-state index in [1.807, 2.05) is 4.90 Å². The molecule has 0 aliphatic carbocycles. The Bertz CT molecular complexity index is 261. The number of nitrogens with zero attached hydrogens (tertiary/aromatic N) is 1. The summed E-state index contributed by atoms with van der Waals surface area (Å²) in [6.07, 6.45) is -1.64. The van der Waals surface area contributed by atoms with Gasteiger partial charge < -0.3 is 5.32 Å². The summed E-state index contributed by atoms with van der Waals surface area (Å²) in [7, 11) is 0. The second-order valence-electron chi connectivity index (χ2n) is 4.54. The second kappa shape index (κ2) is 6.40. The van der Waals surface area contributed by atoms with Crippen molar-refractivity contribution in [2.75, 3.05) is 26.2 Å². The highest BCUT2D eigenvalue weighted by Crippen LogP contribution is 2.29. The van der Waals surface area contributed by atoms with Gasteiger partial charge >= 0.3 is 6.18 Å². The number of rotatable bonds is 5. The molecule has 0 bridgehead atoms. The zero-order chi connectivity index (χ0) is 12.9. The minimum absolute atomic E-state index is 0.118. The molecule has 0 saturated carbocycles. The van der Waals surface area contributed by atoms with Gasteiger partial charge in [-0.2, -0.15) is 13.2 Å². The highest BCUT2D eigenvalue weighted by Gasteiger charge is 2.34. The van der Waals surface area contributed by atoms with Crippen molar-refractivity contribution in [1.82, 2.24) is 10.2 Å². The summed E-state index contributed by atoms with van der Waals surface area (Å²) in [4.78, 5) is 2.05. The van der Waals surface area contributed by atoms with Crippen LogP contribution in [0.5, 0.6) is 0 Å². The van der Waals surface area contributed by atoms with Gasteiger partial charge in [-0.1, -0.05) is 13.0 Å². The minimum Gasteiger partial charge on any atom is -0.313 e. The van der Waals surface area contributed by atoms with Crippen LogP contribution >= 0.6 is 0 Å². The van der Waals surface area contributed by atoms with Crippen LogP contribution in [-0.4, -0.2) is 43.3 Å². The fourth-order valence-corrected chi connectivity index (χ4v) is 1.79. The third kappa shape index (κ3) is 5.08. The molecule has 0 spiro atoms. The van der Waals surface area contributed by atoms with Crippen molar-refractivity contribution in [2.24, 2.45) is 0 Å². The molecule has 2 nitrogen and oxygen atoms in total. The Morgan fingerprint density at radius 3 is 2.65 bits per heavy atom. The molecule has 1 aliphatic heterocycles. The summed E-state index contributed by atoms with van der Waals surface area (Å²) in [6.45, 7) is 6.79. The molecular formula is C12H21F3N2. The van der Waals surface area contributed by atoms with Crippen LogP contribution in [0.1, 0.15) is 26.7 Å². The van der Waals surface area contributed by atoms with Gasteiger partial charge in [0.2, 0.25) is 0 Å². The standard InChI is InChI=1S/C12H21F3N2/c1-3-10(2)16-6-9-17-7-4-11(5-8-17)12(13,14)15/h4,10,16H,3,5-9H2,1-2H3. The van der Waals surface area contributed by atoms with Crippen molar-refractivity contribution >= 4 is 0 Å². The van der Waals surface area contributed by atoms with Gasteiger partial charge in [0, 0.05) is 37.8 Å². The number of hydrogen-bond donors (Lipinski definition) is 1. The molecule has 1 rings (SSSR count). The molecule has 1 atom stereocenters. The normalized spacial score (nSPS) is 20.2. The second-order valence-corrected chi connectivity index (χ2v) is 4.54. The van der Waals surface area contributed by atoms with Crippen molar-refractivity contribution in [3.63, 3.8) is 0 Å². The van der Waals surface area contributed by atoms with E-state index in [0.717, 1.165) is 19.5 Å². The summed E-state index contributed by atoms with van der Waals surface area (Å²) in [5, 5.41) is 3.34. The van der Waals surface area contributed by atoms with Gasteiger partial charge in [-0.3, -0.25) is 4.90 Å². The predicted molar refractivity (Wildman–Crippen MR) is 63.0 cm³/mol. The molecule has 0 saturated heterocycles. The minimum atomic E-state index is -4.14. The lowest BCUT2D eigenvalue weighted by molar-refractivity contribution is -0.0959. The fourth-order valence-electron chi connectivity index (χ4n) is 1.79. The first kappa shape index (κ1) is 14.5. The number of halogens is 3. The molecule has 0 fully saturated rings. The first-order valence-corrected chi connectivity index (χ1v) is 6.15. The monoisotopic (exact) mass is 250 g/mol. The average Bonchev–Trinajstić information content (AvgIpc) is 2.28. The lowest BCUT2D eigenvalue weighted by Gasteiger charge is -2.27. The molecule has 0 radical (unpaired) electrons. The zero-order valence-corrected chi connectivity index (χ0v) is 10.5. The third-order valence-corrected chi connectivity index (χ3v) is 3.19. The Labute approximate surface area is 101 Å². The van der Waals surface area contributed by atoms with Gasteiger partial charge in [0.05, 0.1) is 0 Å². The van der Waals surface area contributed by atoms with E-state index in [9.17, 15) is 13.2 Å². The summed E-state index contributed by atoms with van der Waals surface area (Å²) >= 11 is 0. The van der Waals surface area contributed by atoms with Gasteiger partial charge in [-0.15, -0.1) is 0 Å². The van der Waals surface area contributed by atoms with Crippen LogP contribution in [-0.2, 0) is 0 Å². The molecule has 100 valence electrons. The molecule has 0 amide bonds. The van der Waals surface area contributed by atoms with Crippen molar-refractivity contribution in [2.45, 2.75) is 38.9 Å². The van der Waals surface area contributed by atoms with E-state index >= 15 is 0 Å². The SMILES string of the molecule is CCC(C)NCCN1CC=C(C(F)(F)F)CC1. The molecule has 1 N–H and O–H groups in total. The lowest BCUT2D eigenvalue weighted by Crippen LogP contribution is -2.38. The van der Waals surface area contributed by atoms with Crippen LogP contribution in [0.15, 0.2) is 11.6 Å². The summed E-state index contributed by atoms with van der Waals surface area (Å²) in [6, 6.07) is 0.473. The van der Waals surface area contributed by atoms with E-state index in [0.29, 0.717) is 19.1 Å². The average molecular weight is 250 g/mol. The van der Waals surface area contributed by atoms with Gasteiger partial charge in [0.15, 0.2) is 0 Å². The highest BCUT2D eigenvalue weighted by atomic mass is 19.4. The lowest BCUT2D eigenvalue weighted by atomic mass is 10.1. The van der Waals surface area contributed by atoms with E-state index in [1.165, 1.54) is 6.08 Å². The molecule has 0 aromatic heterocycles. The van der Waals surface area contributed by atoms with Crippen LogP contribution in [0.25, 0.3) is 0 Å². The Morgan fingerprint density at radius 2 is 2.18 bits per heavy atom. The van der Waals surface area contributed by atoms with Crippen LogP contribution < -0.4 is 5.32 Å². The van der Waals surface area contributed by atoms with E-state index in [4.69, 9.17) is 0 Å². The predicted octanol–water partition coefficient (Wildman–Crippen LogP) is 2.57. The molecule has 1 heterocycles. The molecular weight excluding hydrogens is 229 g/mol. The smallest absolute Gasteiger partial charge is 0.313 e. The zero-order valence-electron chi connectivity index (χ0n) is 10.5. The van der Waals surface area contributed by atoms with Crippen LogP contribution in [0.4, 0.5) is 13.2 Å². The molecule has 0 aromatic carbocycles. The summed E-state index contributed by atoms with van der Waals surface area (Å²) in [5.41, 5.74) is -0.372. The van der Waals surface area contributed by atoms with Gasteiger partial charge in [0.1, 0.15) is 0 Å². The Kier molecular flexibility index (Phi) is 5.46. The van der Waals surface area contributed by atoms with Gasteiger partial charge in [0.25, 0.3) is 0 Å². The number of hydrogen-bond acceptors (Lipinski definition) is 2. The van der Waals surface area contributed by atoms with E-state index < -0.39 is 6.18 Å². The van der Waals surface area contributed by atoms with Gasteiger partial charge in [-0.25, -0.2) is 0 Å². The maximum Gasteiger partial charge on any atom is 0.412 e. The molecule has 1 aliphatic rings. The maximum atomic E-state index is 12.4. The maximum absolute atomic E-state index is 12.4. The van der Waals surface area contributed by atoms with Crippen molar-refractivity contribution < 1.29 is 13.2 Å². The number of alkyl halides is 3. The Hall–Kier alpha value is -0.550. The third-order valence-electron chi connectivity index (χ3n) is 3.19. The van der Waals surface area contributed by atoms with Crippen molar-refractivity contribution in [1.29, 1.82) is 0 Å². The Balaban J connectivity index is 2.25. The van der Waals surface area contributed by atoms with Crippen LogP contribution in [0.2, 0.25) is 0 Å².